The number of rotatable bonds is 9. The van der Waals surface area contributed by atoms with E-state index in [1.807, 2.05) is 0 Å². The van der Waals surface area contributed by atoms with Crippen LogP contribution in [0.4, 0.5) is 0 Å². The summed E-state index contributed by atoms with van der Waals surface area (Å²) < 4.78 is 4.64. The van der Waals surface area contributed by atoms with Gasteiger partial charge in [-0.1, -0.05) is 39.5 Å². The Morgan fingerprint density at radius 3 is 1.89 bits per heavy atom. The van der Waals surface area contributed by atoms with Gasteiger partial charge in [0.05, 0.1) is 13.0 Å². The Morgan fingerprint density at radius 1 is 1.00 bits per heavy atom. The largest absolute Gasteiger partial charge is 0.466 e. The first-order chi connectivity index (χ1) is 8.97. The molecule has 0 aliphatic carbocycles. The number of unbranched alkanes of at least 4 members (excludes halogenated alkanes) is 3. The van der Waals surface area contributed by atoms with E-state index in [0.29, 0.717) is 6.61 Å². The maximum absolute atomic E-state index is 11.0. The third kappa shape index (κ3) is 20.2. The minimum absolute atomic E-state index is 0.0858. The monoisotopic (exact) mass is 312 g/mol. The molecule has 0 bridgehead atoms. The fourth-order valence-corrected chi connectivity index (χ4v) is 1.59. The number of ketones is 1. The Hall–Kier alpha value is -0.280. The molecule has 0 aliphatic rings. The van der Waals surface area contributed by atoms with Gasteiger partial charge in [0.25, 0.3) is 0 Å². The summed E-state index contributed by atoms with van der Waals surface area (Å²) in [4.78, 5) is 21.1. The van der Waals surface area contributed by atoms with Gasteiger partial charge in [-0.3, -0.25) is 9.59 Å². The lowest BCUT2D eigenvalue weighted by Gasteiger charge is -2.01. The van der Waals surface area contributed by atoms with Gasteiger partial charge in [-0.05, 0) is 6.92 Å². The molecular weight excluding hydrogens is 287 g/mol. The zero-order valence-corrected chi connectivity index (χ0v) is 13.7. The van der Waals surface area contributed by atoms with E-state index in [4.69, 9.17) is 23.2 Å². The van der Waals surface area contributed by atoms with Crippen LogP contribution in [0.5, 0.6) is 0 Å². The second-order valence-electron chi connectivity index (χ2n) is 4.15. The van der Waals surface area contributed by atoms with Crippen molar-refractivity contribution in [1.82, 2.24) is 0 Å². The second kappa shape index (κ2) is 15.8. The van der Waals surface area contributed by atoms with E-state index in [9.17, 15) is 9.59 Å². The number of ether oxygens (including phenoxy) is 1. The molecule has 0 N–H and O–H groups in total. The summed E-state index contributed by atoms with van der Waals surface area (Å²) in [6.45, 7) is 6.51. The molecule has 0 aromatic heterocycles. The lowest BCUT2D eigenvalue weighted by molar-refractivity contribution is -0.144. The lowest BCUT2D eigenvalue weighted by Crippen LogP contribution is -2.09. The molecule has 0 aliphatic heterocycles. The van der Waals surface area contributed by atoms with Gasteiger partial charge in [-0.2, -0.15) is 0 Å². The van der Waals surface area contributed by atoms with E-state index in [2.05, 4.69) is 18.6 Å². The first-order valence-electron chi connectivity index (χ1n) is 6.93. The number of Topliss-reactive ketones (excluding diaryl/α,β-unsaturated/α-hetero) is 1. The summed E-state index contributed by atoms with van der Waals surface area (Å²) in [6.07, 6.45) is 5.87. The van der Waals surface area contributed by atoms with Crippen LogP contribution in [-0.4, -0.2) is 23.2 Å². The molecule has 0 aromatic rings. The predicted octanol–water partition coefficient (Wildman–Crippen LogP) is 4.68. The van der Waals surface area contributed by atoms with Crippen LogP contribution in [0.1, 0.15) is 65.7 Å². The maximum Gasteiger partial charge on any atom is 0.306 e. The Bertz CT molecular complexity index is 227. The number of hydrogen-bond donors (Lipinski definition) is 0. The van der Waals surface area contributed by atoms with Crippen molar-refractivity contribution in [2.45, 2.75) is 70.6 Å². The molecule has 0 heterocycles. The highest BCUT2D eigenvalue weighted by atomic mass is 35.5. The number of esters is 1. The molecule has 19 heavy (non-hydrogen) atoms. The molecule has 0 amide bonds. The summed E-state index contributed by atoms with van der Waals surface area (Å²) in [7, 11) is 0. The molecule has 3 nitrogen and oxygen atoms in total. The van der Waals surface area contributed by atoms with E-state index >= 15 is 0 Å². The maximum atomic E-state index is 11.0. The van der Waals surface area contributed by atoms with Gasteiger partial charge in [0, 0.05) is 12.8 Å². The predicted molar refractivity (Wildman–Crippen MR) is 80.8 cm³/mol. The van der Waals surface area contributed by atoms with Crippen molar-refractivity contribution < 1.29 is 14.3 Å². The van der Waals surface area contributed by atoms with Crippen LogP contribution in [0.15, 0.2) is 0 Å². The topological polar surface area (TPSA) is 43.4 Å². The minimum atomic E-state index is -0.685. The Kier molecular flexibility index (Phi) is 17.5. The van der Waals surface area contributed by atoms with Gasteiger partial charge in [0.1, 0.15) is 10.6 Å². The lowest BCUT2D eigenvalue weighted by atomic mass is 10.2. The summed E-state index contributed by atoms with van der Waals surface area (Å²) >= 11 is 10.8. The minimum Gasteiger partial charge on any atom is -0.466 e. The van der Waals surface area contributed by atoms with Gasteiger partial charge in [-0.25, -0.2) is 0 Å². The summed E-state index contributed by atoms with van der Waals surface area (Å²) in [5.74, 6) is -0.486. The van der Waals surface area contributed by atoms with Gasteiger partial charge in [0.15, 0.2) is 0 Å². The number of carbonyl (C=O) groups excluding carboxylic acids is 2. The molecule has 5 heteroatoms. The first-order valence-corrected chi connectivity index (χ1v) is 7.80. The number of carbonyl (C=O) groups is 2. The molecule has 0 atom stereocenters. The molecular formula is C14H26Cl2O3. The van der Waals surface area contributed by atoms with Crippen molar-refractivity contribution in [1.29, 1.82) is 0 Å². The molecule has 0 saturated carbocycles. The van der Waals surface area contributed by atoms with E-state index < -0.39 is 4.84 Å². The van der Waals surface area contributed by atoms with Crippen LogP contribution < -0.4 is 0 Å². The standard InChI is InChI=1S/C8H12Cl2O3.C6H14/c1-2-13-8(12)4-3-6(11)5-7(9)10;1-3-5-6-4-2/h7H,2-5H2,1H3;3-6H2,1-2H3. The fraction of sp³-hybridized carbons (Fsp3) is 0.857. The smallest absolute Gasteiger partial charge is 0.306 e. The highest BCUT2D eigenvalue weighted by Gasteiger charge is 2.10. The van der Waals surface area contributed by atoms with E-state index in [0.717, 1.165) is 0 Å². The SMILES string of the molecule is CCCCCC.CCOC(=O)CCC(=O)CC(Cl)Cl. The molecule has 0 radical (unpaired) electrons. The van der Waals surface area contributed by atoms with E-state index in [-0.39, 0.29) is 31.0 Å². The fourth-order valence-electron chi connectivity index (χ4n) is 1.25. The first kappa shape index (κ1) is 21.0. The number of hydrogen-bond acceptors (Lipinski definition) is 3. The summed E-state index contributed by atoms with van der Waals surface area (Å²) in [5, 5.41) is 0. The van der Waals surface area contributed by atoms with Crippen molar-refractivity contribution in [2.24, 2.45) is 0 Å². The van der Waals surface area contributed by atoms with Crippen LogP contribution in [-0.2, 0) is 14.3 Å². The van der Waals surface area contributed by atoms with Crippen molar-refractivity contribution >= 4 is 35.0 Å². The summed E-state index contributed by atoms with van der Waals surface area (Å²) in [6, 6.07) is 0. The van der Waals surface area contributed by atoms with Crippen LogP contribution in [0.25, 0.3) is 0 Å². The molecule has 0 spiro atoms. The number of alkyl halides is 2. The third-order valence-electron chi connectivity index (χ3n) is 2.25. The molecule has 0 fully saturated rings. The van der Waals surface area contributed by atoms with Crippen molar-refractivity contribution in [2.75, 3.05) is 6.61 Å². The Labute approximate surface area is 127 Å². The quantitative estimate of drug-likeness (QED) is 0.353. The molecule has 0 rings (SSSR count). The Balaban J connectivity index is 0. The van der Waals surface area contributed by atoms with Crippen molar-refractivity contribution in [3.8, 4) is 0 Å². The zero-order valence-electron chi connectivity index (χ0n) is 12.2. The highest BCUT2D eigenvalue weighted by Crippen LogP contribution is 2.09. The number of halogens is 2. The summed E-state index contributed by atoms with van der Waals surface area (Å²) in [5.41, 5.74) is 0. The van der Waals surface area contributed by atoms with Gasteiger partial charge in [0.2, 0.25) is 0 Å². The van der Waals surface area contributed by atoms with Crippen molar-refractivity contribution in [3.63, 3.8) is 0 Å². The molecule has 114 valence electrons. The van der Waals surface area contributed by atoms with Gasteiger partial charge >= 0.3 is 5.97 Å². The normalized spacial score (nSPS) is 9.79. The van der Waals surface area contributed by atoms with Crippen molar-refractivity contribution in [3.05, 3.63) is 0 Å². The average molecular weight is 313 g/mol. The van der Waals surface area contributed by atoms with Crippen LogP contribution in [0.2, 0.25) is 0 Å². The molecule has 0 aromatic carbocycles. The van der Waals surface area contributed by atoms with E-state index in [1.54, 1.807) is 6.92 Å². The average Bonchev–Trinajstić information content (AvgIpc) is 2.34. The second-order valence-corrected chi connectivity index (χ2v) is 5.42. The highest BCUT2D eigenvalue weighted by molar-refractivity contribution is 6.45. The van der Waals surface area contributed by atoms with Gasteiger partial charge < -0.3 is 4.74 Å². The molecule has 0 unspecified atom stereocenters. The van der Waals surface area contributed by atoms with E-state index in [1.165, 1.54) is 25.7 Å². The van der Waals surface area contributed by atoms with Crippen LogP contribution in [0, 0.1) is 0 Å². The molecule has 0 saturated heterocycles. The third-order valence-corrected chi connectivity index (χ3v) is 2.56. The van der Waals surface area contributed by atoms with Crippen LogP contribution in [0.3, 0.4) is 0 Å². The Morgan fingerprint density at radius 2 is 1.53 bits per heavy atom. The zero-order chi connectivity index (χ0) is 15.1. The van der Waals surface area contributed by atoms with Crippen LogP contribution >= 0.6 is 23.2 Å². The van der Waals surface area contributed by atoms with Gasteiger partial charge in [-0.15, -0.1) is 23.2 Å².